The van der Waals surface area contributed by atoms with E-state index in [0.29, 0.717) is 25.2 Å². The number of benzene rings is 1. The number of ether oxygens (including phenoxy) is 1. The van der Waals surface area contributed by atoms with Gasteiger partial charge in [-0.05, 0) is 45.5 Å². The van der Waals surface area contributed by atoms with E-state index in [1.807, 2.05) is 49.8 Å². The Morgan fingerprint density at radius 2 is 1.80 bits per heavy atom. The average molecular weight is 347 g/mol. The lowest BCUT2D eigenvalue weighted by Gasteiger charge is -2.38. The molecule has 0 unspecified atom stereocenters. The molecule has 1 N–H and O–H groups in total. The molecule has 1 aromatic rings. The molecule has 1 aromatic carbocycles. The van der Waals surface area contributed by atoms with Gasteiger partial charge in [0, 0.05) is 32.2 Å². The van der Waals surface area contributed by atoms with Crippen molar-refractivity contribution in [3.8, 4) is 0 Å². The topological polar surface area (TPSA) is 61.9 Å². The maximum atomic E-state index is 12.8. The number of carbonyl (C=O) groups excluding carboxylic acids is 2. The quantitative estimate of drug-likeness (QED) is 0.877. The largest absolute Gasteiger partial charge is 0.372 e. The van der Waals surface area contributed by atoms with E-state index in [4.69, 9.17) is 4.74 Å². The molecule has 0 spiro atoms. The van der Waals surface area contributed by atoms with Crippen molar-refractivity contribution in [1.82, 2.24) is 15.1 Å². The van der Waals surface area contributed by atoms with Crippen molar-refractivity contribution >= 4 is 11.8 Å². The van der Waals surface area contributed by atoms with E-state index in [2.05, 4.69) is 5.32 Å². The van der Waals surface area contributed by atoms with Gasteiger partial charge in [0.15, 0.2) is 0 Å². The van der Waals surface area contributed by atoms with Crippen molar-refractivity contribution < 1.29 is 14.3 Å². The van der Waals surface area contributed by atoms with Crippen LogP contribution in [0.5, 0.6) is 0 Å². The van der Waals surface area contributed by atoms with E-state index in [9.17, 15) is 9.59 Å². The molecule has 6 nitrogen and oxygen atoms in total. The fraction of sp³-hybridized carbons (Fsp3) is 0.579. The lowest BCUT2D eigenvalue weighted by molar-refractivity contribution is -0.147. The molecule has 0 saturated carbocycles. The summed E-state index contributed by atoms with van der Waals surface area (Å²) in [7, 11) is 3.56. The van der Waals surface area contributed by atoms with Gasteiger partial charge in [-0.15, -0.1) is 0 Å². The van der Waals surface area contributed by atoms with Gasteiger partial charge in [0.25, 0.3) is 5.91 Å². The van der Waals surface area contributed by atoms with Crippen molar-refractivity contribution in [3.63, 3.8) is 0 Å². The van der Waals surface area contributed by atoms with Crippen molar-refractivity contribution in [3.05, 3.63) is 35.4 Å². The number of nitrogens with one attached hydrogen (secondary N) is 1. The first-order chi connectivity index (χ1) is 11.8. The van der Waals surface area contributed by atoms with Crippen LogP contribution >= 0.6 is 0 Å². The highest BCUT2D eigenvalue weighted by molar-refractivity contribution is 5.93. The summed E-state index contributed by atoms with van der Waals surface area (Å²) in [6, 6.07) is 7.25. The van der Waals surface area contributed by atoms with Crippen molar-refractivity contribution in [2.45, 2.75) is 45.6 Å². The summed E-state index contributed by atoms with van der Waals surface area (Å²) in [5, 5.41) is 2.61. The zero-order valence-corrected chi connectivity index (χ0v) is 15.8. The van der Waals surface area contributed by atoms with Gasteiger partial charge in [0.1, 0.15) is 0 Å². The molecule has 6 heteroatoms. The SMILES string of the molecule is CNC(=O)c1ccc(CN(C)[C@H](C)C(=O)N2C[C@@H](C)O[C@H](C)C2)cc1. The van der Waals surface area contributed by atoms with Crippen molar-refractivity contribution in [2.24, 2.45) is 0 Å². The minimum atomic E-state index is -0.212. The normalized spacial score (nSPS) is 21.9. The smallest absolute Gasteiger partial charge is 0.251 e. The second kappa shape index (κ2) is 8.45. The van der Waals surface area contributed by atoms with Gasteiger partial charge < -0.3 is 15.0 Å². The van der Waals surface area contributed by atoms with Crippen LogP contribution in [0.15, 0.2) is 24.3 Å². The molecule has 3 atom stereocenters. The van der Waals surface area contributed by atoms with Crippen LogP contribution in [0, 0.1) is 0 Å². The Hall–Kier alpha value is -1.92. The lowest BCUT2D eigenvalue weighted by atomic mass is 10.1. The highest BCUT2D eigenvalue weighted by atomic mass is 16.5. The van der Waals surface area contributed by atoms with E-state index in [1.54, 1.807) is 19.2 Å². The number of hydrogen-bond acceptors (Lipinski definition) is 4. The van der Waals surface area contributed by atoms with Gasteiger partial charge in [-0.3, -0.25) is 14.5 Å². The molecule has 1 aliphatic heterocycles. The van der Waals surface area contributed by atoms with Crippen LogP contribution in [-0.2, 0) is 16.1 Å². The standard InChI is InChI=1S/C19H29N3O3/c1-13-10-22(11-14(2)25-13)19(24)15(3)21(5)12-16-6-8-17(9-7-16)18(23)20-4/h6-9,13-15H,10-12H2,1-5H3,(H,20,23)/t13-,14-,15-/m1/s1. The molecule has 1 saturated heterocycles. The monoisotopic (exact) mass is 347 g/mol. The minimum Gasteiger partial charge on any atom is -0.372 e. The number of hydrogen-bond donors (Lipinski definition) is 1. The summed E-state index contributed by atoms with van der Waals surface area (Å²) in [4.78, 5) is 28.3. The van der Waals surface area contributed by atoms with Gasteiger partial charge in [-0.1, -0.05) is 12.1 Å². The number of rotatable bonds is 5. The number of amides is 2. The first kappa shape index (κ1) is 19.4. The van der Waals surface area contributed by atoms with E-state index in [0.717, 1.165) is 5.56 Å². The number of morpholine rings is 1. The Balaban J connectivity index is 1.96. The molecular weight excluding hydrogens is 318 g/mol. The molecule has 0 aliphatic carbocycles. The maximum absolute atomic E-state index is 12.8. The van der Waals surface area contributed by atoms with Crippen LogP contribution < -0.4 is 5.32 Å². The molecule has 0 bridgehead atoms. The van der Waals surface area contributed by atoms with E-state index in [1.165, 1.54) is 0 Å². The molecule has 2 rings (SSSR count). The predicted molar refractivity (Wildman–Crippen MR) is 97.4 cm³/mol. The highest BCUT2D eigenvalue weighted by Crippen LogP contribution is 2.15. The molecule has 25 heavy (non-hydrogen) atoms. The highest BCUT2D eigenvalue weighted by Gasteiger charge is 2.30. The van der Waals surface area contributed by atoms with Gasteiger partial charge in [0.2, 0.25) is 5.91 Å². The fourth-order valence-electron chi connectivity index (χ4n) is 3.14. The second-order valence-corrected chi connectivity index (χ2v) is 6.87. The third-order valence-corrected chi connectivity index (χ3v) is 4.62. The Labute approximate surface area is 150 Å². The van der Waals surface area contributed by atoms with E-state index >= 15 is 0 Å². The predicted octanol–water partition coefficient (Wildman–Crippen LogP) is 1.50. The van der Waals surface area contributed by atoms with Gasteiger partial charge in [0.05, 0.1) is 18.2 Å². The number of nitrogens with zero attached hydrogens (tertiary/aromatic N) is 2. The summed E-state index contributed by atoms with van der Waals surface area (Å²) >= 11 is 0. The molecule has 1 fully saturated rings. The third kappa shape index (κ3) is 5.03. The summed E-state index contributed by atoms with van der Waals surface area (Å²) in [5.41, 5.74) is 1.70. The van der Waals surface area contributed by atoms with Crippen LogP contribution in [0.25, 0.3) is 0 Å². The van der Waals surface area contributed by atoms with Crippen LogP contribution in [0.4, 0.5) is 0 Å². The van der Waals surface area contributed by atoms with Crippen LogP contribution in [-0.4, -0.2) is 67.0 Å². The molecule has 0 radical (unpaired) electrons. The zero-order chi connectivity index (χ0) is 18.6. The van der Waals surface area contributed by atoms with Crippen LogP contribution in [0.2, 0.25) is 0 Å². The molecule has 0 aromatic heterocycles. The van der Waals surface area contributed by atoms with Crippen LogP contribution in [0.3, 0.4) is 0 Å². The van der Waals surface area contributed by atoms with Gasteiger partial charge in [-0.25, -0.2) is 0 Å². The summed E-state index contributed by atoms with van der Waals surface area (Å²) in [6.07, 6.45) is 0.143. The van der Waals surface area contributed by atoms with Gasteiger partial charge in [-0.2, -0.15) is 0 Å². The average Bonchev–Trinajstić information content (AvgIpc) is 2.59. The maximum Gasteiger partial charge on any atom is 0.251 e. The Morgan fingerprint density at radius 3 is 2.32 bits per heavy atom. The van der Waals surface area contributed by atoms with E-state index < -0.39 is 0 Å². The summed E-state index contributed by atoms with van der Waals surface area (Å²) in [6.45, 7) is 7.86. The molecule has 2 amide bonds. The molecule has 1 heterocycles. The molecular formula is C19H29N3O3. The zero-order valence-electron chi connectivity index (χ0n) is 15.8. The van der Waals surface area contributed by atoms with Crippen LogP contribution in [0.1, 0.15) is 36.7 Å². The third-order valence-electron chi connectivity index (χ3n) is 4.62. The summed E-state index contributed by atoms with van der Waals surface area (Å²) < 4.78 is 5.70. The lowest BCUT2D eigenvalue weighted by Crippen LogP contribution is -2.53. The first-order valence-electron chi connectivity index (χ1n) is 8.77. The minimum absolute atomic E-state index is 0.0717. The molecule has 138 valence electrons. The first-order valence-corrected chi connectivity index (χ1v) is 8.77. The summed E-state index contributed by atoms with van der Waals surface area (Å²) in [5.74, 6) is 0.0329. The number of carbonyl (C=O) groups is 2. The number of likely N-dealkylation sites (N-methyl/N-ethyl adjacent to an activating group) is 1. The Bertz CT molecular complexity index is 592. The van der Waals surface area contributed by atoms with Gasteiger partial charge >= 0.3 is 0 Å². The second-order valence-electron chi connectivity index (χ2n) is 6.87. The van der Waals surface area contributed by atoms with Crippen molar-refractivity contribution in [2.75, 3.05) is 27.2 Å². The Kier molecular flexibility index (Phi) is 6.56. The molecule has 1 aliphatic rings. The Morgan fingerprint density at radius 1 is 1.24 bits per heavy atom. The van der Waals surface area contributed by atoms with E-state index in [-0.39, 0.29) is 30.1 Å². The fourth-order valence-corrected chi connectivity index (χ4v) is 3.14. The van der Waals surface area contributed by atoms with Crippen molar-refractivity contribution in [1.29, 1.82) is 0 Å².